The molecular weight excluding hydrogens is 612 g/mol. The smallest absolute Gasteiger partial charge is 0.416 e. The number of β-amino-alcohol motifs (C(OH)–C–C–N with tert-alkyl or cyclic N) is 1. The molecule has 0 radical (unpaired) electrons. The van der Waals surface area contributed by atoms with Crippen LogP contribution in [0.15, 0.2) is 65.6 Å². The van der Waals surface area contributed by atoms with Gasteiger partial charge in [-0.2, -0.15) is 17.5 Å². The molecule has 1 aliphatic rings. The van der Waals surface area contributed by atoms with Crippen LogP contribution < -0.4 is 5.32 Å². The Bertz CT molecular complexity index is 1620. The van der Waals surface area contributed by atoms with Gasteiger partial charge < -0.3 is 15.5 Å². The van der Waals surface area contributed by atoms with Crippen molar-refractivity contribution in [3.05, 3.63) is 88.7 Å². The third-order valence-corrected chi connectivity index (χ3v) is 9.93. The highest BCUT2D eigenvalue weighted by atomic mass is 32.2. The van der Waals surface area contributed by atoms with Gasteiger partial charge in [-0.1, -0.05) is 30.3 Å². The largest absolute Gasteiger partial charge is 0.481 e. The zero-order valence-corrected chi connectivity index (χ0v) is 26.2. The van der Waals surface area contributed by atoms with Crippen LogP contribution in [0.5, 0.6) is 0 Å². The molecule has 0 aromatic heterocycles. The maximum atomic E-state index is 14.8. The van der Waals surface area contributed by atoms with E-state index in [0.717, 1.165) is 42.7 Å². The van der Waals surface area contributed by atoms with Gasteiger partial charge in [0.15, 0.2) is 0 Å². The van der Waals surface area contributed by atoms with Crippen molar-refractivity contribution >= 4 is 16.0 Å². The first kappa shape index (κ1) is 34.6. The second-order valence-electron chi connectivity index (χ2n) is 12.4. The predicted octanol–water partition coefficient (Wildman–Crippen LogP) is 5.68. The molecule has 7 nitrogen and oxygen atoms in total. The summed E-state index contributed by atoms with van der Waals surface area (Å²) in [7, 11) is -3.39. The van der Waals surface area contributed by atoms with E-state index in [1.807, 2.05) is 26.0 Å². The number of likely N-dealkylation sites (N-methyl/N-ethyl adjacent to an activating group) is 1. The minimum Gasteiger partial charge on any atom is -0.481 e. The number of nitrogens with one attached hydrogen (secondary N) is 1. The molecule has 3 aromatic rings. The zero-order valence-electron chi connectivity index (χ0n) is 25.4. The summed E-state index contributed by atoms with van der Waals surface area (Å²) in [5.74, 6) is -1.57. The van der Waals surface area contributed by atoms with Crippen molar-refractivity contribution in [3.63, 3.8) is 0 Å². The normalized spacial score (nSPS) is 15.0. The number of sulfonamides is 1. The number of halogens is 4. The Hall–Kier alpha value is -3.32. The van der Waals surface area contributed by atoms with E-state index in [9.17, 15) is 35.9 Å². The highest BCUT2D eigenvalue weighted by Gasteiger charge is 2.34. The number of rotatable bonds is 13. The minimum atomic E-state index is -4.94. The summed E-state index contributed by atoms with van der Waals surface area (Å²) in [5.41, 5.74) is 0.742. The SMILES string of the molecule is CN(CC(O)CNC(C)(C)CC1Cc2ccccc2C1)S(=O)(=O)c1cc(-c2cc(CCC(=O)O)ccc2F)cc(C(F)(F)F)c1. The fraction of sp³-hybridized carbons (Fsp3) is 0.424. The molecule has 0 heterocycles. The number of carboxylic acid groups (broad SMARTS) is 1. The number of fused-ring (bicyclic) bond motifs is 1. The molecule has 0 aliphatic heterocycles. The number of benzene rings is 3. The molecule has 1 atom stereocenters. The molecular formula is C33H38F4N2O5S. The van der Waals surface area contributed by atoms with Crippen molar-refractivity contribution < 1.29 is 41.0 Å². The van der Waals surface area contributed by atoms with Gasteiger partial charge in [0.05, 0.1) is 16.6 Å². The van der Waals surface area contributed by atoms with Crippen LogP contribution >= 0.6 is 0 Å². The van der Waals surface area contributed by atoms with Gasteiger partial charge in [0, 0.05) is 37.7 Å². The number of hydrogen-bond donors (Lipinski definition) is 3. The van der Waals surface area contributed by atoms with E-state index < -0.39 is 51.1 Å². The summed E-state index contributed by atoms with van der Waals surface area (Å²) >= 11 is 0. The fourth-order valence-electron chi connectivity index (χ4n) is 5.89. The van der Waals surface area contributed by atoms with Crippen molar-refractivity contribution in [1.82, 2.24) is 9.62 Å². The van der Waals surface area contributed by atoms with Crippen LogP contribution in [-0.2, 0) is 40.3 Å². The molecule has 0 amide bonds. The van der Waals surface area contributed by atoms with Gasteiger partial charge in [0.1, 0.15) is 5.82 Å². The quantitative estimate of drug-likeness (QED) is 0.206. The first-order valence-electron chi connectivity index (χ1n) is 14.6. The van der Waals surface area contributed by atoms with Gasteiger partial charge >= 0.3 is 12.1 Å². The lowest BCUT2D eigenvalue weighted by atomic mass is 9.88. The lowest BCUT2D eigenvalue weighted by Crippen LogP contribution is -2.47. The van der Waals surface area contributed by atoms with Gasteiger partial charge in [-0.05, 0) is 98.0 Å². The maximum absolute atomic E-state index is 14.8. The molecule has 3 aromatic carbocycles. The number of aliphatic hydroxyl groups excluding tert-OH is 1. The predicted molar refractivity (Wildman–Crippen MR) is 163 cm³/mol. The van der Waals surface area contributed by atoms with Crippen molar-refractivity contribution in [3.8, 4) is 11.1 Å². The molecule has 0 bridgehead atoms. The fourth-order valence-corrected chi connectivity index (χ4v) is 7.17. The number of nitrogens with zero attached hydrogens (tertiary/aromatic N) is 1. The molecule has 244 valence electrons. The highest BCUT2D eigenvalue weighted by molar-refractivity contribution is 7.89. The number of alkyl halides is 3. The van der Waals surface area contributed by atoms with Crippen molar-refractivity contribution in [2.75, 3.05) is 20.1 Å². The lowest BCUT2D eigenvalue weighted by Gasteiger charge is -2.31. The molecule has 0 saturated carbocycles. The van der Waals surface area contributed by atoms with Crippen LogP contribution in [0.25, 0.3) is 11.1 Å². The topological polar surface area (TPSA) is 107 Å². The van der Waals surface area contributed by atoms with Gasteiger partial charge in [-0.3, -0.25) is 4.79 Å². The monoisotopic (exact) mass is 650 g/mol. The molecule has 1 unspecified atom stereocenters. The molecule has 0 saturated heterocycles. The van der Waals surface area contributed by atoms with E-state index in [2.05, 4.69) is 17.4 Å². The maximum Gasteiger partial charge on any atom is 0.416 e. The Morgan fingerprint density at radius 3 is 2.29 bits per heavy atom. The second-order valence-corrected chi connectivity index (χ2v) is 14.4. The first-order chi connectivity index (χ1) is 20.9. The third kappa shape index (κ3) is 8.90. The molecule has 1 aliphatic carbocycles. The molecule has 0 spiro atoms. The van der Waals surface area contributed by atoms with Crippen LogP contribution in [0.4, 0.5) is 17.6 Å². The number of aliphatic carboxylic acids is 1. The van der Waals surface area contributed by atoms with E-state index in [1.165, 1.54) is 23.3 Å². The van der Waals surface area contributed by atoms with Crippen LogP contribution in [0.2, 0.25) is 0 Å². The molecule has 0 fully saturated rings. The van der Waals surface area contributed by atoms with Gasteiger partial charge in [0.25, 0.3) is 0 Å². The average Bonchev–Trinajstić information content (AvgIpc) is 3.36. The van der Waals surface area contributed by atoms with E-state index in [0.29, 0.717) is 23.6 Å². The molecule has 3 N–H and O–H groups in total. The van der Waals surface area contributed by atoms with Gasteiger partial charge in [-0.15, -0.1) is 0 Å². The van der Waals surface area contributed by atoms with Crippen molar-refractivity contribution in [1.29, 1.82) is 0 Å². The lowest BCUT2D eigenvalue weighted by molar-refractivity contribution is -0.138. The summed E-state index contributed by atoms with van der Waals surface area (Å²) in [6.45, 7) is 3.66. The third-order valence-electron chi connectivity index (χ3n) is 8.13. The standard InChI is InChI=1S/C33H38F4N2O5S/c1-32(2,18-22-12-23-6-4-5-7-24(23)13-22)38-19-27(40)20-39(3)45(43,44)28-16-25(15-26(17-28)33(35,36)37)29-14-21(8-10-30(29)34)9-11-31(41)42/h4-8,10,14-17,22,27,38,40H,9,11-13,18-20H2,1-3H3,(H,41,42). The molecule has 45 heavy (non-hydrogen) atoms. The molecule has 12 heteroatoms. The second kappa shape index (κ2) is 13.6. The Morgan fingerprint density at radius 2 is 1.69 bits per heavy atom. The van der Waals surface area contributed by atoms with E-state index in [-0.39, 0.29) is 36.1 Å². The first-order valence-corrected chi connectivity index (χ1v) is 16.1. The Kier molecular flexibility index (Phi) is 10.4. The number of aryl methyl sites for hydroxylation is 1. The number of carbonyl (C=O) groups is 1. The van der Waals surface area contributed by atoms with Gasteiger partial charge in [-0.25, -0.2) is 12.8 Å². The summed E-state index contributed by atoms with van der Waals surface area (Å²) in [6, 6.07) is 13.9. The summed E-state index contributed by atoms with van der Waals surface area (Å²) in [4.78, 5) is 10.2. The zero-order chi connectivity index (χ0) is 33.2. The minimum absolute atomic E-state index is 0.00645. The summed E-state index contributed by atoms with van der Waals surface area (Å²) in [5, 5.41) is 23.0. The van der Waals surface area contributed by atoms with E-state index in [1.54, 1.807) is 0 Å². The van der Waals surface area contributed by atoms with E-state index >= 15 is 0 Å². The van der Waals surface area contributed by atoms with Crippen molar-refractivity contribution in [2.45, 2.75) is 68.7 Å². The Labute approximate surface area is 260 Å². The van der Waals surface area contributed by atoms with Crippen LogP contribution in [-0.4, -0.2) is 60.7 Å². The van der Waals surface area contributed by atoms with Crippen LogP contribution in [0.3, 0.4) is 0 Å². The van der Waals surface area contributed by atoms with Crippen LogP contribution in [0.1, 0.15) is 48.9 Å². The summed E-state index contributed by atoms with van der Waals surface area (Å²) in [6.07, 6.45) is -3.64. The van der Waals surface area contributed by atoms with Crippen LogP contribution in [0, 0.1) is 11.7 Å². The Balaban J connectivity index is 1.48. The summed E-state index contributed by atoms with van der Waals surface area (Å²) < 4.78 is 84.1. The van der Waals surface area contributed by atoms with Gasteiger partial charge in [0.2, 0.25) is 10.0 Å². The number of aliphatic hydroxyl groups is 1. The highest BCUT2D eigenvalue weighted by Crippen LogP contribution is 2.36. The number of hydrogen-bond acceptors (Lipinski definition) is 5. The molecule has 4 rings (SSSR count). The Morgan fingerprint density at radius 1 is 1.04 bits per heavy atom. The average molecular weight is 651 g/mol. The number of carboxylic acids is 1. The van der Waals surface area contributed by atoms with Crippen molar-refractivity contribution in [2.24, 2.45) is 5.92 Å². The van der Waals surface area contributed by atoms with E-state index in [4.69, 9.17) is 5.11 Å².